The summed E-state index contributed by atoms with van der Waals surface area (Å²) in [5.74, 6) is 2.32. The van der Waals surface area contributed by atoms with E-state index in [-0.39, 0.29) is 11.3 Å². The zero-order valence-electron chi connectivity index (χ0n) is 18.8. The van der Waals surface area contributed by atoms with Gasteiger partial charge >= 0.3 is 0 Å². The van der Waals surface area contributed by atoms with Crippen LogP contribution in [0, 0.1) is 34.0 Å². The first-order valence-corrected chi connectivity index (χ1v) is 12.3. The van der Waals surface area contributed by atoms with Gasteiger partial charge in [0.1, 0.15) is 0 Å². The second-order valence-corrected chi connectivity index (χ2v) is 12.5. The van der Waals surface area contributed by atoms with Crippen LogP contribution in [0.4, 0.5) is 0 Å². The van der Waals surface area contributed by atoms with Crippen molar-refractivity contribution in [3.05, 3.63) is 0 Å². The molecule has 4 saturated carbocycles. The highest BCUT2D eigenvalue weighted by Crippen LogP contribution is 2.69. The Morgan fingerprint density at radius 2 is 1.48 bits per heavy atom. The average molecular weight is 401 g/mol. The molecule has 2 heterocycles. The van der Waals surface area contributed by atoms with Crippen LogP contribution in [0.5, 0.6) is 0 Å². The van der Waals surface area contributed by atoms with Gasteiger partial charge in [0, 0.05) is 32.1 Å². The number of piperidine rings is 2. The van der Waals surface area contributed by atoms with Gasteiger partial charge in [0.25, 0.3) is 0 Å². The minimum Gasteiger partial charge on any atom is -0.342 e. The lowest BCUT2D eigenvalue weighted by molar-refractivity contribution is -0.180. The number of hydrogen-bond donors (Lipinski definition) is 0. The first kappa shape index (κ1) is 19.9. The Morgan fingerprint density at radius 1 is 0.828 bits per heavy atom. The molecule has 0 aromatic rings. The van der Waals surface area contributed by atoms with Gasteiger partial charge in [-0.1, -0.05) is 20.8 Å². The summed E-state index contributed by atoms with van der Waals surface area (Å²) in [4.78, 5) is 31.1. The summed E-state index contributed by atoms with van der Waals surface area (Å²) in [6, 6.07) is 0. The lowest BCUT2D eigenvalue weighted by Crippen LogP contribution is -2.61. The number of carbonyl (C=O) groups is 2. The fourth-order valence-electron chi connectivity index (χ4n) is 9.00. The number of carbonyl (C=O) groups excluding carboxylic acids is 2. The summed E-state index contributed by atoms with van der Waals surface area (Å²) in [6.45, 7) is 10.6. The maximum Gasteiger partial charge on any atom is 0.228 e. The highest BCUT2D eigenvalue weighted by molar-refractivity contribution is 5.84. The molecule has 162 valence electrons. The SMILES string of the molecule is CC1CCCN(C(=O)C2CCN(C(=O)C34CC5CC(C)(CC(C)(C5)C3)C4)CC2)C1. The summed E-state index contributed by atoms with van der Waals surface area (Å²) < 4.78 is 0. The topological polar surface area (TPSA) is 40.6 Å². The van der Waals surface area contributed by atoms with Crippen LogP contribution >= 0.6 is 0 Å². The van der Waals surface area contributed by atoms with Crippen molar-refractivity contribution < 1.29 is 9.59 Å². The van der Waals surface area contributed by atoms with Crippen molar-refractivity contribution in [1.29, 1.82) is 0 Å². The van der Waals surface area contributed by atoms with Crippen LogP contribution in [0.15, 0.2) is 0 Å². The Morgan fingerprint density at radius 3 is 2.07 bits per heavy atom. The van der Waals surface area contributed by atoms with E-state index in [1.165, 1.54) is 25.7 Å². The molecular weight excluding hydrogens is 360 g/mol. The van der Waals surface area contributed by atoms with Crippen molar-refractivity contribution in [2.75, 3.05) is 26.2 Å². The molecular formula is C25H40N2O2. The van der Waals surface area contributed by atoms with Gasteiger partial charge in [-0.15, -0.1) is 0 Å². The van der Waals surface area contributed by atoms with Crippen LogP contribution in [-0.2, 0) is 9.59 Å². The minimum atomic E-state index is -0.0952. The van der Waals surface area contributed by atoms with E-state index in [1.807, 2.05) is 0 Å². The molecule has 3 unspecified atom stereocenters. The van der Waals surface area contributed by atoms with Crippen LogP contribution in [0.3, 0.4) is 0 Å². The van der Waals surface area contributed by atoms with Gasteiger partial charge in [0.15, 0.2) is 0 Å². The molecule has 0 N–H and O–H groups in total. The van der Waals surface area contributed by atoms with Crippen LogP contribution in [0.25, 0.3) is 0 Å². The molecule has 6 aliphatic rings. The smallest absolute Gasteiger partial charge is 0.228 e. The standard InChI is InChI=1S/C25H40N2O2/c1-18-5-4-8-27(14-18)21(28)20-6-9-26(10-7-20)22(29)25-13-19-11-23(2,16-25)15-24(3,12-19)17-25/h18-20H,4-17H2,1-3H3. The number of nitrogens with zero attached hydrogens (tertiary/aromatic N) is 2. The summed E-state index contributed by atoms with van der Waals surface area (Å²) >= 11 is 0. The van der Waals surface area contributed by atoms with Gasteiger partial charge in [-0.25, -0.2) is 0 Å². The van der Waals surface area contributed by atoms with E-state index in [1.54, 1.807) is 0 Å². The molecule has 2 amide bonds. The fourth-order valence-corrected chi connectivity index (χ4v) is 9.00. The van der Waals surface area contributed by atoms with Gasteiger partial charge in [0.2, 0.25) is 11.8 Å². The molecule has 4 aliphatic carbocycles. The number of likely N-dealkylation sites (tertiary alicyclic amines) is 2. The third-order valence-corrected chi connectivity index (χ3v) is 9.18. The molecule has 0 spiro atoms. The zero-order chi connectivity index (χ0) is 20.4. The summed E-state index contributed by atoms with van der Waals surface area (Å²) in [5, 5.41) is 0. The Labute approximate surface area is 176 Å². The van der Waals surface area contributed by atoms with E-state index in [0.29, 0.717) is 28.6 Å². The molecule has 4 bridgehead atoms. The maximum absolute atomic E-state index is 13.8. The van der Waals surface area contributed by atoms with Crippen molar-refractivity contribution in [3.8, 4) is 0 Å². The van der Waals surface area contributed by atoms with Crippen LogP contribution in [0.1, 0.15) is 85.0 Å². The molecule has 4 nitrogen and oxygen atoms in total. The van der Waals surface area contributed by atoms with Gasteiger partial charge in [0.05, 0.1) is 5.41 Å². The molecule has 4 heteroatoms. The van der Waals surface area contributed by atoms with Crippen LogP contribution in [0.2, 0.25) is 0 Å². The third kappa shape index (κ3) is 3.43. The molecule has 6 fully saturated rings. The van der Waals surface area contributed by atoms with E-state index in [0.717, 1.165) is 70.6 Å². The third-order valence-electron chi connectivity index (χ3n) is 9.18. The lowest BCUT2D eigenvalue weighted by Gasteiger charge is -2.65. The van der Waals surface area contributed by atoms with Crippen molar-refractivity contribution in [3.63, 3.8) is 0 Å². The molecule has 3 atom stereocenters. The predicted molar refractivity (Wildman–Crippen MR) is 114 cm³/mol. The number of amides is 2. The zero-order valence-corrected chi connectivity index (χ0v) is 18.8. The first-order valence-electron chi connectivity index (χ1n) is 12.3. The molecule has 0 radical (unpaired) electrons. The van der Waals surface area contributed by atoms with Crippen molar-refractivity contribution in [2.45, 2.75) is 85.0 Å². The molecule has 0 aromatic heterocycles. The van der Waals surface area contributed by atoms with Crippen molar-refractivity contribution in [1.82, 2.24) is 9.80 Å². The van der Waals surface area contributed by atoms with E-state index in [4.69, 9.17) is 0 Å². The maximum atomic E-state index is 13.8. The van der Waals surface area contributed by atoms with E-state index < -0.39 is 0 Å². The molecule has 2 saturated heterocycles. The van der Waals surface area contributed by atoms with Gasteiger partial charge in [-0.05, 0) is 86.9 Å². The monoisotopic (exact) mass is 400 g/mol. The summed E-state index contributed by atoms with van der Waals surface area (Å²) in [5.41, 5.74) is 0.661. The quantitative estimate of drug-likeness (QED) is 0.686. The second kappa shape index (κ2) is 6.72. The second-order valence-electron chi connectivity index (χ2n) is 12.5. The average Bonchev–Trinajstić information content (AvgIpc) is 2.64. The predicted octanol–water partition coefficient (Wildman–Crippen LogP) is 4.48. The van der Waals surface area contributed by atoms with Gasteiger partial charge in [-0.2, -0.15) is 0 Å². The molecule has 6 rings (SSSR count). The summed E-state index contributed by atoms with van der Waals surface area (Å²) in [6.07, 6.45) is 11.4. The van der Waals surface area contributed by atoms with Gasteiger partial charge in [-0.3, -0.25) is 9.59 Å². The van der Waals surface area contributed by atoms with E-state index in [9.17, 15) is 9.59 Å². The number of rotatable bonds is 2. The van der Waals surface area contributed by atoms with E-state index >= 15 is 0 Å². The highest BCUT2D eigenvalue weighted by atomic mass is 16.2. The molecule has 29 heavy (non-hydrogen) atoms. The fraction of sp³-hybridized carbons (Fsp3) is 0.920. The van der Waals surface area contributed by atoms with Crippen molar-refractivity contribution >= 4 is 11.8 Å². The van der Waals surface area contributed by atoms with E-state index in [2.05, 4.69) is 30.6 Å². The normalized spacial score (nSPS) is 44.9. The highest BCUT2D eigenvalue weighted by Gasteiger charge is 2.63. The number of hydrogen-bond acceptors (Lipinski definition) is 2. The minimum absolute atomic E-state index is 0.0952. The molecule has 0 aromatic carbocycles. The van der Waals surface area contributed by atoms with Crippen LogP contribution in [-0.4, -0.2) is 47.8 Å². The summed E-state index contributed by atoms with van der Waals surface area (Å²) in [7, 11) is 0. The Bertz CT molecular complexity index is 677. The van der Waals surface area contributed by atoms with Crippen molar-refractivity contribution in [2.24, 2.45) is 34.0 Å². The Hall–Kier alpha value is -1.06. The Balaban J connectivity index is 1.23. The van der Waals surface area contributed by atoms with Crippen LogP contribution < -0.4 is 0 Å². The Kier molecular flexibility index (Phi) is 4.61. The first-order chi connectivity index (χ1) is 13.7. The van der Waals surface area contributed by atoms with Gasteiger partial charge < -0.3 is 9.80 Å². The molecule has 2 aliphatic heterocycles. The lowest BCUT2D eigenvalue weighted by atomic mass is 9.40. The largest absolute Gasteiger partial charge is 0.342 e.